The van der Waals surface area contributed by atoms with Crippen molar-refractivity contribution in [2.24, 2.45) is 10.6 Å². The maximum Gasteiger partial charge on any atom is 0.433 e. The van der Waals surface area contributed by atoms with Crippen LogP contribution >= 0.6 is 0 Å². The van der Waals surface area contributed by atoms with Crippen LogP contribution in [-0.2, 0) is 11.4 Å². The van der Waals surface area contributed by atoms with Crippen molar-refractivity contribution >= 4 is 11.8 Å². The Hall–Kier alpha value is -1.92. The van der Waals surface area contributed by atoms with Crippen LogP contribution in [0.1, 0.15) is 40.5 Å². The highest BCUT2D eigenvalue weighted by molar-refractivity contribution is 5.89. The molecule has 7 heteroatoms. The van der Waals surface area contributed by atoms with Crippen molar-refractivity contribution < 1.29 is 9.63 Å². The summed E-state index contributed by atoms with van der Waals surface area (Å²) in [4.78, 5) is 20.3. The summed E-state index contributed by atoms with van der Waals surface area (Å²) in [6.45, 7) is 9.09. The third-order valence-corrected chi connectivity index (χ3v) is 2.68. The molecule has 1 heterocycles. The van der Waals surface area contributed by atoms with Crippen LogP contribution in [0.5, 0.6) is 0 Å². The second kappa shape index (κ2) is 7.62. The van der Waals surface area contributed by atoms with Gasteiger partial charge < -0.3 is 5.32 Å². The Bertz CT molecular complexity index is 434. The van der Waals surface area contributed by atoms with Gasteiger partial charge in [0.1, 0.15) is 12.7 Å². The maximum absolute atomic E-state index is 11.5. The van der Waals surface area contributed by atoms with Crippen molar-refractivity contribution in [2.45, 2.75) is 47.1 Å². The molecule has 0 aromatic carbocycles. The normalized spacial score (nSPS) is 12.3. The zero-order chi connectivity index (χ0) is 15.0. The van der Waals surface area contributed by atoms with Gasteiger partial charge in [0.2, 0.25) is 0 Å². The van der Waals surface area contributed by atoms with Gasteiger partial charge in [0, 0.05) is 12.0 Å². The summed E-state index contributed by atoms with van der Waals surface area (Å²) in [5.41, 5.74) is 0.490. The summed E-state index contributed by atoms with van der Waals surface area (Å²) < 4.78 is 1.64. The van der Waals surface area contributed by atoms with Crippen molar-refractivity contribution in [3.05, 3.63) is 12.7 Å². The number of carbonyl (C=O) groups is 1. The summed E-state index contributed by atoms with van der Waals surface area (Å²) >= 11 is 0. The van der Waals surface area contributed by atoms with E-state index in [2.05, 4.69) is 27.5 Å². The van der Waals surface area contributed by atoms with E-state index < -0.39 is 6.09 Å². The topological polar surface area (TPSA) is 81.4 Å². The second-order valence-electron chi connectivity index (χ2n) is 5.54. The first-order valence-electron chi connectivity index (χ1n) is 6.78. The van der Waals surface area contributed by atoms with Crippen LogP contribution in [0.15, 0.2) is 17.8 Å². The van der Waals surface area contributed by atoms with Crippen molar-refractivity contribution in [3.8, 4) is 0 Å². The molecule has 20 heavy (non-hydrogen) atoms. The van der Waals surface area contributed by atoms with E-state index in [1.807, 2.05) is 20.8 Å². The summed E-state index contributed by atoms with van der Waals surface area (Å²) in [7, 11) is 0. The first-order chi connectivity index (χ1) is 9.43. The zero-order valence-corrected chi connectivity index (χ0v) is 12.6. The minimum atomic E-state index is -0.529. The van der Waals surface area contributed by atoms with Gasteiger partial charge >= 0.3 is 6.09 Å². The minimum Gasteiger partial charge on any atom is -0.320 e. The fraction of sp³-hybridized carbons (Fsp3) is 0.692. The molecule has 0 aliphatic rings. The van der Waals surface area contributed by atoms with Crippen molar-refractivity contribution in [3.63, 3.8) is 0 Å². The van der Waals surface area contributed by atoms with E-state index in [1.165, 1.54) is 6.33 Å². The molecule has 1 rings (SSSR count). The summed E-state index contributed by atoms with van der Waals surface area (Å²) in [6, 6.07) is 0. The lowest BCUT2D eigenvalue weighted by atomic mass is 9.90. The first kappa shape index (κ1) is 16.1. The summed E-state index contributed by atoms with van der Waals surface area (Å²) in [5.74, 6) is 0. The average molecular weight is 281 g/mol. The lowest BCUT2D eigenvalue weighted by molar-refractivity contribution is 0.148. The lowest BCUT2D eigenvalue weighted by Crippen LogP contribution is -2.28. The molecule has 0 bridgehead atoms. The maximum atomic E-state index is 11.5. The number of nitrogens with one attached hydrogen (secondary N) is 1. The molecule has 0 saturated heterocycles. The minimum absolute atomic E-state index is 0.227. The highest BCUT2D eigenvalue weighted by Crippen LogP contribution is 2.17. The molecular formula is C13H23N5O2. The standard InChI is InChI=1S/C13H23N5O2/c1-5-6-7-15-12(19)20-17-11(13(2,3)4)8-18-10-14-9-16-18/h9-10H,5-8H2,1-4H3,(H,15,19)/b17-11-. The van der Waals surface area contributed by atoms with E-state index in [9.17, 15) is 4.79 Å². The molecule has 1 N–H and O–H groups in total. The quantitative estimate of drug-likeness (QED) is 0.375. The van der Waals surface area contributed by atoms with Gasteiger partial charge in [-0.25, -0.2) is 14.5 Å². The van der Waals surface area contributed by atoms with Gasteiger partial charge in [-0.3, -0.25) is 4.84 Å². The van der Waals surface area contributed by atoms with Gasteiger partial charge in [-0.05, 0) is 6.42 Å². The molecule has 0 aliphatic heterocycles. The Morgan fingerprint density at radius 2 is 2.20 bits per heavy atom. The van der Waals surface area contributed by atoms with Gasteiger partial charge in [0.05, 0.1) is 12.3 Å². The Balaban J connectivity index is 2.59. The Morgan fingerprint density at radius 3 is 2.75 bits per heavy atom. The number of unbranched alkanes of at least 4 members (excludes halogenated alkanes) is 1. The first-order valence-corrected chi connectivity index (χ1v) is 6.78. The third kappa shape index (κ3) is 5.81. The van der Waals surface area contributed by atoms with Crippen LogP contribution in [0.3, 0.4) is 0 Å². The largest absolute Gasteiger partial charge is 0.433 e. The van der Waals surface area contributed by atoms with Crippen LogP contribution in [-0.4, -0.2) is 33.1 Å². The highest BCUT2D eigenvalue weighted by Gasteiger charge is 2.21. The van der Waals surface area contributed by atoms with Gasteiger partial charge in [-0.1, -0.05) is 39.3 Å². The number of nitrogens with zero attached hydrogens (tertiary/aromatic N) is 4. The molecule has 112 valence electrons. The molecule has 0 aliphatic carbocycles. The van der Waals surface area contributed by atoms with Crippen molar-refractivity contribution in [1.29, 1.82) is 0 Å². The number of carbonyl (C=O) groups excluding carboxylic acids is 1. The number of hydrogen-bond donors (Lipinski definition) is 1. The van der Waals surface area contributed by atoms with Gasteiger partial charge in [-0.2, -0.15) is 5.10 Å². The number of aromatic nitrogens is 3. The smallest absolute Gasteiger partial charge is 0.320 e. The van der Waals surface area contributed by atoms with E-state index in [0.717, 1.165) is 12.8 Å². The molecule has 7 nitrogen and oxygen atoms in total. The lowest BCUT2D eigenvalue weighted by Gasteiger charge is -2.20. The molecular weight excluding hydrogens is 258 g/mol. The highest BCUT2D eigenvalue weighted by atomic mass is 16.7. The molecule has 0 saturated carbocycles. The van der Waals surface area contributed by atoms with Crippen molar-refractivity contribution in [1.82, 2.24) is 20.1 Å². The fourth-order valence-corrected chi connectivity index (χ4v) is 1.37. The predicted molar refractivity (Wildman–Crippen MR) is 76.3 cm³/mol. The summed E-state index contributed by atoms with van der Waals surface area (Å²) in [5, 5.41) is 10.6. The summed E-state index contributed by atoms with van der Waals surface area (Å²) in [6.07, 6.45) is 4.47. The second-order valence-corrected chi connectivity index (χ2v) is 5.54. The van der Waals surface area contributed by atoms with Crippen LogP contribution in [0.2, 0.25) is 0 Å². The molecule has 0 fully saturated rings. The van der Waals surface area contributed by atoms with E-state index in [1.54, 1.807) is 11.0 Å². The Morgan fingerprint density at radius 1 is 1.45 bits per heavy atom. The van der Waals surface area contributed by atoms with Crippen LogP contribution < -0.4 is 5.32 Å². The molecule has 1 aromatic heterocycles. The van der Waals surface area contributed by atoms with E-state index in [4.69, 9.17) is 4.84 Å². The van der Waals surface area contributed by atoms with E-state index in [-0.39, 0.29) is 5.41 Å². The SMILES string of the molecule is CCCCNC(=O)O/N=C(/Cn1cncn1)C(C)(C)C. The molecule has 1 aromatic rings. The Labute approximate surface area is 119 Å². The van der Waals surface area contributed by atoms with Crippen LogP contribution in [0, 0.1) is 5.41 Å². The van der Waals surface area contributed by atoms with Crippen LogP contribution in [0.4, 0.5) is 4.79 Å². The molecule has 0 spiro atoms. The number of amides is 1. The fourth-order valence-electron chi connectivity index (χ4n) is 1.37. The molecule has 1 amide bonds. The third-order valence-electron chi connectivity index (χ3n) is 2.68. The molecule has 0 atom stereocenters. The van der Waals surface area contributed by atoms with Crippen molar-refractivity contribution in [2.75, 3.05) is 6.54 Å². The van der Waals surface area contributed by atoms with Gasteiger partial charge in [0.25, 0.3) is 0 Å². The Kier molecular flexibility index (Phi) is 6.14. The monoisotopic (exact) mass is 281 g/mol. The van der Waals surface area contributed by atoms with Gasteiger partial charge in [0.15, 0.2) is 0 Å². The average Bonchev–Trinajstić information content (AvgIpc) is 2.86. The number of hydrogen-bond acceptors (Lipinski definition) is 5. The number of rotatable bonds is 6. The number of oxime groups is 1. The molecule has 0 unspecified atom stereocenters. The van der Waals surface area contributed by atoms with Crippen LogP contribution in [0.25, 0.3) is 0 Å². The molecule has 0 radical (unpaired) electrons. The van der Waals surface area contributed by atoms with Gasteiger partial charge in [-0.15, -0.1) is 0 Å². The zero-order valence-electron chi connectivity index (χ0n) is 12.6. The van der Waals surface area contributed by atoms with E-state index >= 15 is 0 Å². The van der Waals surface area contributed by atoms with E-state index in [0.29, 0.717) is 18.8 Å². The predicted octanol–water partition coefficient (Wildman–Crippen LogP) is 2.21.